The fraction of sp³-hybridized carbons (Fsp3) is 0.333. The molecule has 34 heavy (non-hydrogen) atoms. The number of anilines is 3. The highest BCUT2D eigenvalue weighted by Gasteiger charge is 2.22. The topological polar surface area (TPSA) is 98.3 Å². The highest BCUT2D eigenvalue weighted by Crippen LogP contribution is 2.29. The summed E-state index contributed by atoms with van der Waals surface area (Å²) in [5.41, 5.74) is 1.76. The molecule has 0 radical (unpaired) electrons. The minimum absolute atomic E-state index is 0.262. The van der Waals surface area contributed by atoms with Crippen molar-refractivity contribution in [3.8, 4) is 5.75 Å². The van der Waals surface area contributed by atoms with Gasteiger partial charge in [-0.15, -0.1) is 0 Å². The van der Waals surface area contributed by atoms with Gasteiger partial charge in [0.1, 0.15) is 11.8 Å². The van der Waals surface area contributed by atoms with Crippen LogP contribution in [0.4, 0.5) is 17.6 Å². The average molecular weight is 502 g/mol. The van der Waals surface area contributed by atoms with Crippen LogP contribution in [0.2, 0.25) is 5.02 Å². The van der Waals surface area contributed by atoms with E-state index in [1.807, 2.05) is 57.2 Å². The lowest BCUT2D eigenvalue weighted by Crippen LogP contribution is -2.33. The van der Waals surface area contributed by atoms with Crippen molar-refractivity contribution in [2.24, 2.45) is 5.92 Å². The predicted molar refractivity (Wildman–Crippen MR) is 135 cm³/mol. The quantitative estimate of drug-likeness (QED) is 0.337. The first-order chi connectivity index (χ1) is 16.3. The van der Waals surface area contributed by atoms with Crippen molar-refractivity contribution >= 4 is 46.9 Å². The number of aromatic nitrogens is 3. The van der Waals surface area contributed by atoms with E-state index in [2.05, 4.69) is 25.6 Å². The minimum atomic E-state index is -0.591. The van der Waals surface area contributed by atoms with E-state index in [9.17, 15) is 4.79 Å². The van der Waals surface area contributed by atoms with E-state index in [4.69, 9.17) is 21.1 Å². The molecule has 180 valence electrons. The Morgan fingerprint density at radius 3 is 2.41 bits per heavy atom. The molecule has 3 aromatic rings. The molecule has 0 unspecified atom stereocenters. The van der Waals surface area contributed by atoms with E-state index in [0.717, 1.165) is 21.9 Å². The molecule has 0 aliphatic rings. The second kappa shape index (κ2) is 11.9. The molecule has 0 bridgehead atoms. The van der Waals surface area contributed by atoms with Gasteiger partial charge in [-0.25, -0.2) is 4.79 Å². The van der Waals surface area contributed by atoms with Crippen LogP contribution in [0.5, 0.6) is 5.75 Å². The summed E-state index contributed by atoms with van der Waals surface area (Å²) in [4.78, 5) is 26.9. The number of rotatable bonds is 10. The Morgan fingerprint density at radius 1 is 1.06 bits per heavy atom. The average Bonchev–Trinajstić information content (AvgIpc) is 2.80. The van der Waals surface area contributed by atoms with Crippen molar-refractivity contribution in [3.05, 3.63) is 53.1 Å². The van der Waals surface area contributed by atoms with Crippen molar-refractivity contribution in [1.29, 1.82) is 0 Å². The maximum atomic E-state index is 12.3. The molecule has 1 aromatic heterocycles. The molecule has 0 fully saturated rings. The number of carbonyl (C=O) groups excluding carboxylic acids is 1. The first kappa shape index (κ1) is 25.6. The molecular formula is C24H28ClN5O3S. The number of nitrogens with zero attached hydrogens (tertiary/aromatic N) is 3. The lowest BCUT2D eigenvalue weighted by molar-refractivity contribution is -0.141. The molecule has 0 aliphatic heterocycles. The first-order valence-electron chi connectivity index (χ1n) is 10.7. The van der Waals surface area contributed by atoms with Crippen LogP contribution in [0, 0.1) is 12.8 Å². The molecule has 0 amide bonds. The number of methoxy groups -OCH3 is 2. The minimum Gasteiger partial charge on any atom is -0.497 e. The van der Waals surface area contributed by atoms with Crippen molar-refractivity contribution in [1.82, 2.24) is 15.0 Å². The van der Waals surface area contributed by atoms with Gasteiger partial charge in [0.15, 0.2) is 5.16 Å². The van der Waals surface area contributed by atoms with Crippen molar-refractivity contribution in [2.75, 3.05) is 24.9 Å². The molecule has 0 spiro atoms. The van der Waals surface area contributed by atoms with Crippen molar-refractivity contribution in [3.63, 3.8) is 0 Å². The van der Waals surface area contributed by atoms with Gasteiger partial charge < -0.3 is 20.1 Å². The molecule has 1 heterocycles. The fourth-order valence-electron chi connectivity index (χ4n) is 3.10. The third-order valence-corrected chi connectivity index (χ3v) is 5.93. The van der Waals surface area contributed by atoms with Gasteiger partial charge in [-0.2, -0.15) is 15.0 Å². The molecular weight excluding hydrogens is 474 g/mol. The molecule has 2 aromatic carbocycles. The maximum Gasteiger partial charge on any atom is 0.328 e. The highest BCUT2D eigenvalue weighted by molar-refractivity contribution is 7.99. The van der Waals surface area contributed by atoms with Crippen LogP contribution in [0.1, 0.15) is 25.8 Å². The number of ether oxygens (including phenoxy) is 2. The zero-order valence-electron chi connectivity index (χ0n) is 19.8. The van der Waals surface area contributed by atoms with Gasteiger partial charge in [-0.1, -0.05) is 31.5 Å². The van der Waals surface area contributed by atoms with Gasteiger partial charge in [0, 0.05) is 15.6 Å². The van der Waals surface area contributed by atoms with Crippen LogP contribution in [0.15, 0.2) is 52.5 Å². The zero-order chi connectivity index (χ0) is 24.7. The largest absolute Gasteiger partial charge is 0.497 e. The van der Waals surface area contributed by atoms with E-state index >= 15 is 0 Å². The van der Waals surface area contributed by atoms with Crippen molar-refractivity contribution < 1.29 is 14.3 Å². The summed E-state index contributed by atoms with van der Waals surface area (Å²) in [5.74, 6) is 1.24. The first-order valence-corrected chi connectivity index (χ1v) is 11.9. The van der Waals surface area contributed by atoms with E-state index in [1.54, 1.807) is 13.2 Å². The van der Waals surface area contributed by atoms with Gasteiger partial charge in [-0.3, -0.25) is 0 Å². The summed E-state index contributed by atoms with van der Waals surface area (Å²) in [6.45, 7) is 6.03. The molecule has 2 N–H and O–H groups in total. The smallest absolute Gasteiger partial charge is 0.328 e. The number of carbonyl (C=O) groups is 1. The lowest BCUT2D eigenvalue weighted by Gasteiger charge is -2.19. The second-order valence-electron chi connectivity index (χ2n) is 7.98. The SMILES string of the molecule is COC(=O)[C@@H](CC(C)C)Nc1nc(Nc2cc(Cl)ccc2C)nc(Sc2ccc(OC)cc2)n1. The molecule has 10 heteroatoms. The van der Waals surface area contributed by atoms with Gasteiger partial charge >= 0.3 is 5.97 Å². The van der Waals surface area contributed by atoms with Gasteiger partial charge in [-0.05, 0) is 73.0 Å². The fourth-order valence-corrected chi connectivity index (χ4v) is 4.02. The van der Waals surface area contributed by atoms with Crippen molar-refractivity contribution in [2.45, 2.75) is 43.3 Å². The number of hydrogen-bond donors (Lipinski definition) is 2. The zero-order valence-corrected chi connectivity index (χ0v) is 21.3. The Hall–Kier alpha value is -3.04. The van der Waals surface area contributed by atoms with Crippen LogP contribution < -0.4 is 15.4 Å². The number of aryl methyl sites for hydroxylation is 1. The van der Waals surface area contributed by atoms with E-state index in [-0.39, 0.29) is 17.8 Å². The van der Waals surface area contributed by atoms with Crippen LogP contribution in [-0.2, 0) is 9.53 Å². The van der Waals surface area contributed by atoms with Crippen LogP contribution in [0.3, 0.4) is 0 Å². The van der Waals surface area contributed by atoms with Gasteiger partial charge in [0.25, 0.3) is 0 Å². The van der Waals surface area contributed by atoms with Crippen LogP contribution in [0.25, 0.3) is 0 Å². The molecule has 0 saturated carbocycles. The summed E-state index contributed by atoms with van der Waals surface area (Å²) >= 11 is 7.54. The summed E-state index contributed by atoms with van der Waals surface area (Å²) in [5, 5.41) is 7.39. The molecule has 0 saturated heterocycles. The number of benzene rings is 2. The van der Waals surface area contributed by atoms with Gasteiger partial charge in [0.2, 0.25) is 11.9 Å². The van der Waals surface area contributed by atoms with E-state index in [1.165, 1.54) is 18.9 Å². The second-order valence-corrected chi connectivity index (χ2v) is 9.45. The summed E-state index contributed by atoms with van der Waals surface area (Å²) < 4.78 is 10.2. The lowest BCUT2D eigenvalue weighted by atomic mass is 10.0. The standard InChI is InChI=1S/C24H28ClN5O3S/c1-14(2)12-20(21(31)33-5)27-23-28-22(26-19-13-16(25)7-6-15(19)3)29-24(30-23)34-18-10-8-17(32-4)9-11-18/h6-11,13-14,20H,12H2,1-5H3,(H2,26,27,28,29,30)/t20-/m1/s1. The third-order valence-electron chi connectivity index (χ3n) is 4.83. The molecule has 1 atom stereocenters. The summed E-state index contributed by atoms with van der Waals surface area (Å²) in [6.07, 6.45) is 0.565. The van der Waals surface area contributed by atoms with E-state index in [0.29, 0.717) is 22.5 Å². The molecule has 8 nitrogen and oxygen atoms in total. The molecule has 3 rings (SSSR count). The Bertz CT molecular complexity index is 1130. The Kier molecular flexibility index (Phi) is 8.95. The third kappa shape index (κ3) is 7.23. The maximum absolute atomic E-state index is 12.3. The number of halogens is 1. The van der Waals surface area contributed by atoms with Crippen LogP contribution >= 0.6 is 23.4 Å². The Labute approximate surface area is 208 Å². The Balaban J connectivity index is 1.95. The summed E-state index contributed by atoms with van der Waals surface area (Å²) in [6, 6.07) is 12.5. The van der Waals surface area contributed by atoms with E-state index < -0.39 is 6.04 Å². The molecule has 0 aliphatic carbocycles. The Morgan fingerprint density at radius 2 is 1.76 bits per heavy atom. The highest BCUT2D eigenvalue weighted by atomic mass is 35.5. The number of nitrogens with one attached hydrogen (secondary N) is 2. The van der Waals surface area contributed by atoms with Crippen LogP contribution in [-0.4, -0.2) is 41.2 Å². The monoisotopic (exact) mass is 501 g/mol. The summed E-state index contributed by atoms with van der Waals surface area (Å²) in [7, 11) is 2.99. The normalized spacial score (nSPS) is 11.7. The predicted octanol–water partition coefficient (Wildman–Crippen LogP) is 5.74. The number of esters is 1. The number of hydrogen-bond acceptors (Lipinski definition) is 9. The van der Waals surface area contributed by atoms with Gasteiger partial charge in [0.05, 0.1) is 14.2 Å².